The summed E-state index contributed by atoms with van der Waals surface area (Å²) >= 11 is 0. The fourth-order valence-electron chi connectivity index (χ4n) is 3.50. The molecular formula is C29H34N4O11. The first-order valence-electron chi connectivity index (χ1n) is 13.2. The number of carbonyl (C=O) groups excluding carboxylic acids is 6. The third-order valence-electron chi connectivity index (χ3n) is 5.43. The summed E-state index contributed by atoms with van der Waals surface area (Å²) in [6.45, 7) is 1.25. The van der Waals surface area contributed by atoms with Gasteiger partial charge in [0.2, 0.25) is 25.5 Å². The van der Waals surface area contributed by atoms with E-state index in [2.05, 4.69) is 25.7 Å². The van der Waals surface area contributed by atoms with Gasteiger partial charge in [-0.15, -0.1) is 0 Å². The van der Waals surface area contributed by atoms with Gasteiger partial charge in [-0.05, 0) is 18.1 Å². The number of benzene rings is 2. The molecular weight excluding hydrogens is 580 g/mol. The molecule has 2 aromatic rings. The van der Waals surface area contributed by atoms with Crippen LogP contribution in [-0.2, 0) is 55.7 Å². The lowest BCUT2D eigenvalue weighted by Gasteiger charge is -2.19. The molecule has 236 valence electrons. The number of hydrogen-bond acceptors (Lipinski definition) is 12. The van der Waals surface area contributed by atoms with Gasteiger partial charge in [0.05, 0.1) is 26.0 Å². The molecule has 0 spiro atoms. The lowest BCUT2D eigenvalue weighted by molar-refractivity contribution is -0.152. The van der Waals surface area contributed by atoms with Gasteiger partial charge in [0.1, 0.15) is 6.04 Å². The molecule has 0 saturated heterocycles. The summed E-state index contributed by atoms with van der Waals surface area (Å²) in [6, 6.07) is 15.6. The van der Waals surface area contributed by atoms with Gasteiger partial charge in [-0.25, -0.2) is 19.4 Å². The molecule has 0 radical (unpaired) electrons. The van der Waals surface area contributed by atoms with E-state index in [1.165, 1.54) is 13.8 Å². The predicted molar refractivity (Wildman–Crippen MR) is 153 cm³/mol. The van der Waals surface area contributed by atoms with Gasteiger partial charge in [-0.3, -0.25) is 25.0 Å². The van der Waals surface area contributed by atoms with Crippen molar-refractivity contribution in [3.63, 3.8) is 0 Å². The second-order valence-corrected chi connectivity index (χ2v) is 9.05. The summed E-state index contributed by atoms with van der Waals surface area (Å²) in [6.07, 6.45) is -2.50. The van der Waals surface area contributed by atoms with Crippen LogP contribution in [0.5, 0.6) is 0 Å². The van der Waals surface area contributed by atoms with Crippen LogP contribution in [0, 0.1) is 0 Å². The minimum absolute atomic E-state index is 0.0466. The second kappa shape index (κ2) is 18.9. The largest absolute Gasteiger partial charge is 0.467 e. The van der Waals surface area contributed by atoms with Gasteiger partial charge in [0, 0.05) is 13.3 Å². The summed E-state index contributed by atoms with van der Waals surface area (Å²) in [5.41, 5.74) is 1.40. The Kier molecular flexibility index (Phi) is 14.9. The van der Waals surface area contributed by atoms with E-state index >= 15 is 0 Å². The molecule has 2 atom stereocenters. The molecule has 0 fully saturated rings. The van der Waals surface area contributed by atoms with Gasteiger partial charge < -0.3 is 29.0 Å². The van der Waals surface area contributed by atoms with Gasteiger partial charge in [0.25, 0.3) is 0 Å². The van der Waals surface area contributed by atoms with Gasteiger partial charge >= 0.3 is 30.1 Å². The highest BCUT2D eigenvalue weighted by Gasteiger charge is 2.24. The van der Waals surface area contributed by atoms with Gasteiger partial charge in [-0.1, -0.05) is 60.7 Å². The fraction of sp³-hybridized carbons (Fsp3) is 0.345. The Balaban J connectivity index is 1.97. The fourth-order valence-corrected chi connectivity index (χ4v) is 3.50. The van der Waals surface area contributed by atoms with Crippen molar-refractivity contribution in [2.75, 3.05) is 20.7 Å². The molecule has 1 unspecified atom stereocenters. The number of aliphatic imine (C=N–C) groups is 1. The van der Waals surface area contributed by atoms with Crippen molar-refractivity contribution in [2.24, 2.45) is 4.99 Å². The minimum Gasteiger partial charge on any atom is -0.467 e. The van der Waals surface area contributed by atoms with Crippen LogP contribution < -0.4 is 16.0 Å². The monoisotopic (exact) mass is 614 g/mol. The Labute approximate surface area is 253 Å². The average molecular weight is 615 g/mol. The van der Waals surface area contributed by atoms with Gasteiger partial charge in [-0.2, -0.15) is 0 Å². The Hall–Kier alpha value is -5.47. The smallest absolute Gasteiger partial charge is 0.416 e. The number of esters is 3. The van der Waals surface area contributed by atoms with E-state index in [9.17, 15) is 28.8 Å². The maximum atomic E-state index is 12.4. The molecule has 0 aliphatic heterocycles. The Morgan fingerprint density at radius 2 is 1.18 bits per heavy atom. The number of hydrogen-bond donors (Lipinski definition) is 3. The lowest BCUT2D eigenvalue weighted by atomic mass is 10.1. The van der Waals surface area contributed by atoms with E-state index in [-0.39, 0.29) is 19.3 Å². The van der Waals surface area contributed by atoms with Gasteiger partial charge in [0.15, 0.2) is 0 Å². The maximum absolute atomic E-state index is 12.4. The van der Waals surface area contributed by atoms with Crippen LogP contribution in [0.25, 0.3) is 0 Å². The second-order valence-electron chi connectivity index (χ2n) is 9.05. The van der Waals surface area contributed by atoms with Crippen LogP contribution in [-0.4, -0.2) is 74.7 Å². The van der Waals surface area contributed by atoms with Crippen molar-refractivity contribution < 1.29 is 52.5 Å². The first-order chi connectivity index (χ1) is 21.0. The highest BCUT2D eigenvalue weighted by Crippen LogP contribution is 2.06. The van der Waals surface area contributed by atoms with Crippen molar-refractivity contribution in [1.82, 2.24) is 16.0 Å². The molecule has 3 amide bonds. The number of methoxy groups -OCH3 is 1. The zero-order chi connectivity index (χ0) is 32.3. The molecule has 0 aliphatic rings. The number of alkyl carbamates (subject to hydrolysis) is 2. The number of carbonyl (C=O) groups is 6. The van der Waals surface area contributed by atoms with Crippen molar-refractivity contribution in [1.29, 1.82) is 0 Å². The zero-order valence-corrected chi connectivity index (χ0v) is 24.4. The molecule has 0 aromatic heterocycles. The van der Waals surface area contributed by atoms with Crippen molar-refractivity contribution in [3.05, 3.63) is 71.8 Å². The molecule has 15 heteroatoms. The van der Waals surface area contributed by atoms with Crippen LogP contribution in [0.4, 0.5) is 9.59 Å². The number of guanidine groups is 1. The van der Waals surface area contributed by atoms with Crippen molar-refractivity contribution in [3.8, 4) is 0 Å². The Bertz CT molecular complexity index is 1230. The molecule has 0 saturated carbocycles. The van der Waals surface area contributed by atoms with E-state index in [1.807, 2.05) is 0 Å². The zero-order valence-electron chi connectivity index (χ0n) is 24.4. The van der Waals surface area contributed by atoms with Crippen LogP contribution >= 0.6 is 0 Å². The molecule has 2 aromatic carbocycles. The van der Waals surface area contributed by atoms with E-state index in [4.69, 9.17) is 18.9 Å². The third kappa shape index (κ3) is 14.4. The molecule has 0 heterocycles. The van der Waals surface area contributed by atoms with E-state index in [0.29, 0.717) is 11.1 Å². The highest BCUT2D eigenvalue weighted by atomic mass is 16.7. The Morgan fingerprint density at radius 1 is 0.727 bits per heavy atom. The van der Waals surface area contributed by atoms with E-state index in [1.54, 1.807) is 60.7 Å². The first-order valence-corrected chi connectivity index (χ1v) is 13.2. The third-order valence-corrected chi connectivity index (χ3v) is 5.43. The van der Waals surface area contributed by atoms with Crippen molar-refractivity contribution >= 4 is 42.0 Å². The minimum atomic E-state index is -1.16. The summed E-state index contributed by atoms with van der Waals surface area (Å²) in [5, 5.41) is 6.76. The summed E-state index contributed by atoms with van der Waals surface area (Å²) in [4.78, 5) is 76.4. The number of nitrogens with one attached hydrogen (secondary N) is 3. The summed E-state index contributed by atoms with van der Waals surface area (Å²) in [7, 11) is 1.14. The number of nitrogens with zero attached hydrogens (tertiary/aromatic N) is 1. The van der Waals surface area contributed by atoms with Crippen molar-refractivity contribution in [2.45, 2.75) is 45.2 Å². The predicted octanol–water partition coefficient (Wildman–Crippen LogP) is 1.74. The lowest BCUT2D eigenvalue weighted by Crippen LogP contribution is -2.46. The molecule has 0 bridgehead atoms. The first kappa shape index (κ1) is 34.7. The SMILES string of the molecule is COC(=O)[C@H](CC(C)N=C(NC(=O)OCOC(=O)Cc1ccccc1)NC(=O)OCOC(=O)Cc1ccccc1)NC(C)=O. The molecule has 44 heavy (non-hydrogen) atoms. The standard InChI is InChI=1S/C29H34N4O11/c1-19(14-23(26(37)40-3)31-20(2)34)30-27(32-28(38)43-17-41-24(35)15-21-10-6-4-7-11-21)33-29(39)44-18-42-25(36)16-22-12-8-5-9-13-22/h4-13,19,23H,14-18H2,1-3H3,(H,31,34)(H2,30,32,33,38,39)/t19?,23-/m0/s1. The number of ether oxygens (including phenoxy) is 5. The van der Waals surface area contributed by atoms with Crippen LogP contribution in [0.2, 0.25) is 0 Å². The quantitative estimate of drug-likeness (QED) is 0.0977. The topological polar surface area (TPSA) is 197 Å². The summed E-state index contributed by atoms with van der Waals surface area (Å²) < 4.78 is 24.1. The Morgan fingerprint density at radius 3 is 1.59 bits per heavy atom. The molecule has 2 rings (SSSR count). The van der Waals surface area contributed by atoms with E-state index in [0.717, 1.165) is 7.11 Å². The van der Waals surface area contributed by atoms with Crippen LogP contribution in [0.3, 0.4) is 0 Å². The molecule has 3 N–H and O–H groups in total. The molecule has 15 nitrogen and oxygen atoms in total. The van der Waals surface area contributed by atoms with E-state index < -0.39 is 67.6 Å². The normalized spacial score (nSPS) is 11.4. The molecule has 0 aliphatic carbocycles. The summed E-state index contributed by atoms with van der Waals surface area (Å²) in [5.74, 6) is -3.02. The number of rotatable bonds is 13. The number of amides is 3. The maximum Gasteiger partial charge on any atom is 0.416 e. The van der Waals surface area contributed by atoms with Crippen LogP contribution in [0.15, 0.2) is 65.7 Å². The van der Waals surface area contributed by atoms with Crippen LogP contribution in [0.1, 0.15) is 31.4 Å². The highest BCUT2D eigenvalue weighted by molar-refractivity contribution is 6.01. The average Bonchev–Trinajstić information content (AvgIpc) is 2.97.